The zero-order valence-electron chi connectivity index (χ0n) is 14.7. The zero-order valence-corrected chi connectivity index (χ0v) is 14.7. The quantitative estimate of drug-likeness (QED) is 0.676. The van der Waals surface area contributed by atoms with Gasteiger partial charge in [-0.15, -0.1) is 0 Å². The van der Waals surface area contributed by atoms with Gasteiger partial charge in [0.05, 0.1) is 11.4 Å². The fourth-order valence-electron chi connectivity index (χ4n) is 2.76. The van der Waals surface area contributed by atoms with Gasteiger partial charge in [0.25, 0.3) is 0 Å². The highest BCUT2D eigenvalue weighted by molar-refractivity contribution is 5.64. The molecule has 0 aromatic carbocycles. The summed E-state index contributed by atoms with van der Waals surface area (Å²) >= 11 is 0. The molecule has 0 radical (unpaired) electrons. The summed E-state index contributed by atoms with van der Waals surface area (Å²) in [5.74, 6) is 1.95. The molecule has 4 rings (SSSR count). The lowest BCUT2D eigenvalue weighted by Gasteiger charge is -2.11. The van der Waals surface area contributed by atoms with Crippen molar-refractivity contribution in [2.24, 2.45) is 5.92 Å². The maximum Gasteiger partial charge on any atom is 0.227 e. The van der Waals surface area contributed by atoms with Crippen molar-refractivity contribution in [3.8, 4) is 11.3 Å². The highest BCUT2D eigenvalue weighted by atomic mass is 15.1. The van der Waals surface area contributed by atoms with Crippen LogP contribution in [0.2, 0.25) is 0 Å². The van der Waals surface area contributed by atoms with Crippen molar-refractivity contribution in [1.82, 2.24) is 24.9 Å². The molecule has 0 atom stereocenters. The normalized spacial score (nSPS) is 13.4. The maximum absolute atomic E-state index is 4.72. The van der Waals surface area contributed by atoms with E-state index in [0.29, 0.717) is 11.9 Å². The van der Waals surface area contributed by atoms with Crippen LogP contribution in [-0.2, 0) is 6.42 Å². The van der Waals surface area contributed by atoms with Gasteiger partial charge in [-0.3, -0.25) is 4.98 Å². The molecule has 3 heterocycles. The molecule has 1 fully saturated rings. The van der Waals surface area contributed by atoms with Gasteiger partial charge in [0, 0.05) is 42.6 Å². The summed E-state index contributed by atoms with van der Waals surface area (Å²) in [5.41, 5.74) is 3.75. The van der Waals surface area contributed by atoms with E-state index in [9.17, 15) is 0 Å². The second kappa shape index (κ2) is 7.43. The molecule has 2 N–H and O–H groups in total. The van der Waals surface area contributed by atoms with Gasteiger partial charge in [0.15, 0.2) is 0 Å². The molecular weight excluding hydrogens is 326 g/mol. The molecule has 0 bridgehead atoms. The van der Waals surface area contributed by atoms with Crippen LogP contribution in [0.3, 0.4) is 0 Å². The number of aromatic nitrogens is 5. The monoisotopic (exact) mass is 347 g/mol. The molecule has 0 unspecified atom stereocenters. The summed E-state index contributed by atoms with van der Waals surface area (Å²) in [4.78, 5) is 22.1. The lowest BCUT2D eigenvalue weighted by atomic mass is 10.1. The molecular formula is C19H21N7. The van der Waals surface area contributed by atoms with Crippen LogP contribution in [0.25, 0.3) is 11.3 Å². The van der Waals surface area contributed by atoms with E-state index in [1.165, 1.54) is 12.8 Å². The lowest BCUT2D eigenvalue weighted by Crippen LogP contribution is -2.07. The fraction of sp³-hybridized carbons (Fsp3) is 0.316. The lowest BCUT2D eigenvalue weighted by molar-refractivity contribution is 0.800. The minimum Gasteiger partial charge on any atom is -0.354 e. The molecule has 3 aromatic rings. The first-order chi connectivity index (χ1) is 12.8. The summed E-state index contributed by atoms with van der Waals surface area (Å²) in [7, 11) is 0. The number of nitrogens with one attached hydrogen (secondary N) is 2. The molecule has 1 saturated carbocycles. The number of pyridine rings is 1. The Morgan fingerprint density at radius 1 is 1.00 bits per heavy atom. The van der Waals surface area contributed by atoms with Crippen LogP contribution in [0.5, 0.6) is 0 Å². The van der Waals surface area contributed by atoms with Crippen LogP contribution < -0.4 is 10.6 Å². The molecule has 3 aromatic heterocycles. The second-order valence-electron chi connectivity index (χ2n) is 6.36. The topological polar surface area (TPSA) is 88.5 Å². The highest BCUT2D eigenvalue weighted by Gasteiger charge is 2.24. The molecule has 0 amide bonds. The Bertz CT molecular complexity index is 878. The fourth-order valence-corrected chi connectivity index (χ4v) is 2.76. The predicted molar refractivity (Wildman–Crippen MR) is 101 cm³/mol. The Kier molecular flexibility index (Phi) is 4.68. The Balaban J connectivity index is 1.64. The number of anilines is 3. The minimum absolute atomic E-state index is 0.543. The van der Waals surface area contributed by atoms with Crippen molar-refractivity contribution in [2.45, 2.75) is 26.2 Å². The molecule has 1 aliphatic rings. The van der Waals surface area contributed by atoms with E-state index in [2.05, 4.69) is 30.6 Å². The van der Waals surface area contributed by atoms with Gasteiger partial charge in [-0.2, -0.15) is 0 Å². The smallest absolute Gasteiger partial charge is 0.227 e. The van der Waals surface area contributed by atoms with E-state index in [1.54, 1.807) is 18.6 Å². The van der Waals surface area contributed by atoms with E-state index in [0.717, 1.165) is 41.5 Å². The molecule has 7 nitrogen and oxygen atoms in total. The van der Waals surface area contributed by atoms with Crippen LogP contribution in [0, 0.1) is 5.92 Å². The minimum atomic E-state index is 0.543. The average Bonchev–Trinajstić information content (AvgIpc) is 3.47. The number of hydrogen-bond donors (Lipinski definition) is 2. The second-order valence-corrected chi connectivity index (χ2v) is 6.36. The third-order valence-corrected chi connectivity index (χ3v) is 4.25. The van der Waals surface area contributed by atoms with Crippen molar-refractivity contribution >= 4 is 17.6 Å². The van der Waals surface area contributed by atoms with E-state index in [4.69, 9.17) is 4.98 Å². The summed E-state index contributed by atoms with van der Waals surface area (Å²) < 4.78 is 0. The van der Waals surface area contributed by atoms with Crippen LogP contribution in [-0.4, -0.2) is 31.5 Å². The standard InChI is InChI=1S/C19H21N7/c1-2-21-18-23-12-15(17(26-18)11-13-3-4-13)16-7-10-22-19(25-16)24-14-5-8-20-9-6-14/h5-10,12-13H,2-4,11H2,1H3,(H,21,23,26)(H,20,22,24,25). The van der Waals surface area contributed by atoms with Gasteiger partial charge < -0.3 is 10.6 Å². The number of rotatable bonds is 7. The van der Waals surface area contributed by atoms with Crippen molar-refractivity contribution < 1.29 is 0 Å². The number of nitrogens with zero attached hydrogens (tertiary/aromatic N) is 5. The summed E-state index contributed by atoms with van der Waals surface area (Å²) in [6.07, 6.45) is 10.6. The van der Waals surface area contributed by atoms with E-state index < -0.39 is 0 Å². The third-order valence-electron chi connectivity index (χ3n) is 4.25. The van der Waals surface area contributed by atoms with Crippen LogP contribution in [0.15, 0.2) is 43.0 Å². The zero-order chi connectivity index (χ0) is 17.8. The predicted octanol–water partition coefficient (Wildman–Crippen LogP) is 3.46. The summed E-state index contributed by atoms with van der Waals surface area (Å²) in [5, 5.41) is 6.39. The van der Waals surface area contributed by atoms with E-state index in [-0.39, 0.29) is 0 Å². The van der Waals surface area contributed by atoms with Crippen LogP contribution in [0.1, 0.15) is 25.5 Å². The molecule has 0 spiro atoms. The van der Waals surface area contributed by atoms with Gasteiger partial charge in [-0.05, 0) is 50.3 Å². The van der Waals surface area contributed by atoms with Gasteiger partial charge in [-0.25, -0.2) is 19.9 Å². The highest BCUT2D eigenvalue weighted by Crippen LogP contribution is 2.35. The Morgan fingerprint density at radius 2 is 1.85 bits per heavy atom. The van der Waals surface area contributed by atoms with Crippen molar-refractivity contribution in [3.05, 3.63) is 48.7 Å². The van der Waals surface area contributed by atoms with Crippen molar-refractivity contribution in [1.29, 1.82) is 0 Å². The van der Waals surface area contributed by atoms with Crippen LogP contribution >= 0.6 is 0 Å². The van der Waals surface area contributed by atoms with Crippen molar-refractivity contribution in [3.63, 3.8) is 0 Å². The Hall–Kier alpha value is -3.09. The van der Waals surface area contributed by atoms with Gasteiger partial charge in [0.2, 0.25) is 11.9 Å². The Labute approximate surface area is 152 Å². The molecule has 0 saturated heterocycles. The number of hydrogen-bond acceptors (Lipinski definition) is 7. The van der Waals surface area contributed by atoms with E-state index >= 15 is 0 Å². The Morgan fingerprint density at radius 3 is 2.62 bits per heavy atom. The SMILES string of the molecule is CCNc1ncc(-c2ccnc(Nc3ccncc3)n2)c(CC2CC2)n1. The molecule has 132 valence electrons. The summed E-state index contributed by atoms with van der Waals surface area (Å²) in [6, 6.07) is 5.66. The summed E-state index contributed by atoms with van der Waals surface area (Å²) in [6.45, 7) is 2.84. The average molecular weight is 347 g/mol. The van der Waals surface area contributed by atoms with E-state index in [1.807, 2.05) is 31.3 Å². The van der Waals surface area contributed by atoms with Crippen LogP contribution in [0.4, 0.5) is 17.6 Å². The first-order valence-electron chi connectivity index (χ1n) is 8.92. The molecule has 26 heavy (non-hydrogen) atoms. The third kappa shape index (κ3) is 3.93. The van der Waals surface area contributed by atoms with Gasteiger partial charge in [-0.1, -0.05) is 0 Å². The van der Waals surface area contributed by atoms with Gasteiger partial charge in [0.1, 0.15) is 0 Å². The van der Waals surface area contributed by atoms with Gasteiger partial charge >= 0.3 is 0 Å². The first kappa shape index (κ1) is 16.4. The van der Waals surface area contributed by atoms with Crippen molar-refractivity contribution in [2.75, 3.05) is 17.2 Å². The largest absolute Gasteiger partial charge is 0.354 e. The molecule has 0 aliphatic heterocycles. The maximum atomic E-state index is 4.72. The first-order valence-corrected chi connectivity index (χ1v) is 8.92. The molecule has 7 heteroatoms. The molecule has 1 aliphatic carbocycles.